The highest BCUT2D eigenvalue weighted by atomic mass is 16.5. The first-order chi connectivity index (χ1) is 8.93. The third kappa shape index (κ3) is 4.91. The van der Waals surface area contributed by atoms with Gasteiger partial charge in [0.25, 0.3) is 0 Å². The molecular weight excluding hydrogens is 240 g/mol. The van der Waals surface area contributed by atoms with Crippen LogP contribution in [-0.4, -0.2) is 18.1 Å². The zero-order valence-electron chi connectivity index (χ0n) is 12.1. The van der Waals surface area contributed by atoms with E-state index in [0.717, 1.165) is 17.9 Å². The first-order valence-corrected chi connectivity index (χ1v) is 6.77. The lowest BCUT2D eigenvalue weighted by Crippen LogP contribution is -2.34. The maximum atomic E-state index is 11.9. The van der Waals surface area contributed by atoms with Crippen molar-refractivity contribution < 1.29 is 9.53 Å². The van der Waals surface area contributed by atoms with Crippen molar-refractivity contribution in [3.63, 3.8) is 0 Å². The molecule has 4 heteroatoms. The van der Waals surface area contributed by atoms with E-state index >= 15 is 0 Å². The molecule has 3 N–H and O–H groups in total. The fourth-order valence-corrected chi connectivity index (χ4v) is 1.46. The van der Waals surface area contributed by atoms with Crippen LogP contribution in [0.3, 0.4) is 0 Å². The quantitative estimate of drug-likeness (QED) is 0.830. The van der Waals surface area contributed by atoms with E-state index in [1.54, 1.807) is 0 Å². The van der Waals surface area contributed by atoms with E-state index in [2.05, 4.69) is 12.2 Å². The van der Waals surface area contributed by atoms with Crippen molar-refractivity contribution in [1.29, 1.82) is 0 Å². The number of nitrogens with two attached hydrogens (primary N) is 1. The number of amides is 1. The molecule has 1 aromatic rings. The van der Waals surface area contributed by atoms with Crippen LogP contribution in [0, 0.1) is 5.92 Å². The highest BCUT2D eigenvalue weighted by Gasteiger charge is 2.17. The predicted octanol–water partition coefficient (Wildman–Crippen LogP) is 2.79. The van der Waals surface area contributed by atoms with Crippen LogP contribution in [-0.2, 0) is 4.79 Å². The van der Waals surface area contributed by atoms with Gasteiger partial charge in [0.1, 0.15) is 5.75 Å². The maximum absolute atomic E-state index is 11.9. The first kappa shape index (κ1) is 15.5. The Bertz CT molecular complexity index is 418. The van der Waals surface area contributed by atoms with Gasteiger partial charge in [0.05, 0.1) is 12.0 Å². The number of carbonyl (C=O) groups is 1. The Hall–Kier alpha value is -1.55. The van der Waals surface area contributed by atoms with E-state index in [9.17, 15) is 4.79 Å². The van der Waals surface area contributed by atoms with Crippen molar-refractivity contribution in [2.45, 2.75) is 46.3 Å². The number of hydrogen-bond donors (Lipinski definition) is 2. The normalized spacial score (nSPS) is 15.4. The molecule has 0 radical (unpaired) electrons. The number of hydrogen-bond acceptors (Lipinski definition) is 3. The minimum atomic E-state index is -0.223. The molecular formula is C15H24N2O2. The van der Waals surface area contributed by atoms with Gasteiger partial charge in [0.15, 0.2) is 0 Å². The second-order valence-electron chi connectivity index (χ2n) is 5.00. The van der Waals surface area contributed by atoms with Gasteiger partial charge in [0, 0.05) is 17.8 Å². The van der Waals surface area contributed by atoms with E-state index in [0.29, 0.717) is 0 Å². The molecule has 0 bridgehead atoms. The number of nitrogens with one attached hydrogen (secondary N) is 1. The Balaban J connectivity index is 2.69. The van der Waals surface area contributed by atoms with Crippen LogP contribution in [0.5, 0.6) is 5.75 Å². The van der Waals surface area contributed by atoms with Crippen LogP contribution < -0.4 is 15.8 Å². The molecule has 0 aliphatic rings. The molecule has 4 nitrogen and oxygen atoms in total. The van der Waals surface area contributed by atoms with Crippen molar-refractivity contribution in [2.75, 3.05) is 5.32 Å². The van der Waals surface area contributed by atoms with Crippen LogP contribution >= 0.6 is 0 Å². The van der Waals surface area contributed by atoms with Crippen molar-refractivity contribution >= 4 is 11.6 Å². The smallest absolute Gasteiger partial charge is 0.228 e. The summed E-state index contributed by atoms with van der Waals surface area (Å²) in [6.07, 6.45) is 1.10. The largest absolute Gasteiger partial charge is 0.491 e. The molecule has 0 saturated heterocycles. The first-order valence-electron chi connectivity index (χ1n) is 6.77. The predicted molar refractivity (Wildman–Crippen MR) is 78.3 cm³/mol. The van der Waals surface area contributed by atoms with Gasteiger partial charge in [0.2, 0.25) is 5.91 Å². The summed E-state index contributed by atoms with van der Waals surface area (Å²) in [4.78, 5) is 11.9. The summed E-state index contributed by atoms with van der Waals surface area (Å²) in [5.74, 6) is 0.468. The lowest BCUT2D eigenvalue weighted by atomic mass is 10.0. The molecule has 0 saturated carbocycles. The van der Waals surface area contributed by atoms with Gasteiger partial charge in [-0.05, 0) is 32.4 Å². The molecule has 0 aliphatic heterocycles. The second-order valence-corrected chi connectivity index (χ2v) is 5.00. The summed E-state index contributed by atoms with van der Waals surface area (Å²) in [5.41, 5.74) is 6.45. The summed E-state index contributed by atoms with van der Waals surface area (Å²) < 4.78 is 5.72. The number of anilines is 1. The minimum absolute atomic E-state index is 0.0734. The van der Waals surface area contributed by atoms with Gasteiger partial charge < -0.3 is 15.8 Å². The van der Waals surface area contributed by atoms with Gasteiger partial charge in [-0.15, -0.1) is 0 Å². The summed E-state index contributed by atoms with van der Waals surface area (Å²) in [7, 11) is 0. The van der Waals surface area contributed by atoms with Gasteiger partial charge in [-0.1, -0.05) is 19.9 Å². The molecule has 1 amide bonds. The van der Waals surface area contributed by atoms with E-state index in [1.165, 1.54) is 0 Å². The average molecular weight is 264 g/mol. The van der Waals surface area contributed by atoms with Gasteiger partial charge in [-0.3, -0.25) is 4.79 Å². The fourth-order valence-electron chi connectivity index (χ4n) is 1.46. The third-order valence-corrected chi connectivity index (χ3v) is 3.22. The molecule has 1 aromatic carbocycles. The summed E-state index contributed by atoms with van der Waals surface area (Å²) in [6, 6.07) is 7.26. The van der Waals surface area contributed by atoms with Crippen molar-refractivity contribution in [2.24, 2.45) is 11.7 Å². The summed E-state index contributed by atoms with van der Waals surface area (Å²) in [5, 5.41) is 2.86. The highest BCUT2D eigenvalue weighted by molar-refractivity contribution is 5.92. The van der Waals surface area contributed by atoms with Crippen LogP contribution in [0.15, 0.2) is 24.3 Å². The molecule has 106 valence electrons. The number of ether oxygens (including phenoxy) is 1. The van der Waals surface area contributed by atoms with Crippen LogP contribution in [0.4, 0.5) is 5.69 Å². The third-order valence-electron chi connectivity index (χ3n) is 3.22. The molecule has 3 unspecified atom stereocenters. The zero-order valence-corrected chi connectivity index (χ0v) is 12.1. The minimum Gasteiger partial charge on any atom is -0.491 e. The van der Waals surface area contributed by atoms with Crippen LogP contribution in [0.1, 0.15) is 34.1 Å². The number of benzene rings is 1. The van der Waals surface area contributed by atoms with Crippen LogP contribution in [0.25, 0.3) is 0 Å². The Labute approximate surface area is 115 Å². The zero-order chi connectivity index (χ0) is 14.4. The molecule has 19 heavy (non-hydrogen) atoms. The lowest BCUT2D eigenvalue weighted by Gasteiger charge is -2.17. The Kier molecular flexibility index (Phi) is 5.83. The Morgan fingerprint density at radius 3 is 2.63 bits per heavy atom. The summed E-state index contributed by atoms with van der Waals surface area (Å²) >= 11 is 0. The lowest BCUT2D eigenvalue weighted by molar-refractivity contribution is -0.119. The molecule has 0 heterocycles. The maximum Gasteiger partial charge on any atom is 0.228 e. The molecule has 0 fully saturated rings. The number of carbonyl (C=O) groups excluding carboxylic acids is 1. The van der Waals surface area contributed by atoms with E-state index in [4.69, 9.17) is 10.5 Å². The van der Waals surface area contributed by atoms with Crippen molar-refractivity contribution in [1.82, 2.24) is 0 Å². The molecule has 0 aromatic heterocycles. The molecule has 3 atom stereocenters. The fraction of sp³-hybridized carbons (Fsp3) is 0.533. The van der Waals surface area contributed by atoms with Gasteiger partial charge >= 0.3 is 0 Å². The van der Waals surface area contributed by atoms with Crippen molar-refractivity contribution in [3.8, 4) is 5.75 Å². The standard InChI is InChI=1S/C15H24N2O2/c1-5-10(2)19-14-8-6-7-13(9-14)17-15(18)11(3)12(4)16/h6-12H,5,16H2,1-4H3,(H,17,18). The second kappa shape index (κ2) is 7.14. The summed E-state index contributed by atoms with van der Waals surface area (Å²) in [6.45, 7) is 7.73. The molecule has 0 aliphatic carbocycles. The van der Waals surface area contributed by atoms with E-state index in [1.807, 2.05) is 45.0 Å². The van der Waals surface area contributed by atoms with Gasteiger partial charge in [-0.25, -0.2) is 0 Å². The van der Waals surface area contributed by atoms with E-state index < -0.39 is 0 Å². The van der Waals surface area contributed by atoms with Crippen molar-refractivity contribution in [3.05, 3.63) is 24.3 Å². The highest BCUT2D eigenvalue weighted by Crippen LogP contribution is 2.20. The monoisotopic (exact) mass is 264 g/mol. The molecule has 0 spiro atoms. The Morgan fingerprint density at radius 1 is 1.37 bits per heavy atom. The van der Waals surface area contributed by atoms with Crippen LogP contribution in [0.2, 0.25) is 0 Å². The average Bonchev–Trinajstić information content (AvgIpc) is 2.37. The van der Waals surface area contributed by atoms with Gasteiger partial charge in [-0.2, -0.15) is 0 Å². The van der Waals surface area contributed by atoms with E-state index in [-0.39, 0.29) is 24.0 Å². The molecule has 1 rings (SSSR count). The SMILES string of the molecule is CCC(C)Oc1cccc(NC(=O)C(C)C(C)N)c1. The number of rotatable bonds is 6. The Morgan fingerprint density at radius 2 is 2.05 bits per heavy atom. The topological polar surface area (TPSA) is 64.3 Å².